The predicted octanol–water partition coefficient (Wildman–Crippen LogP) is 8.19. The lowest BCUT2D eigenvalue weighted by atomic mass is 9.86. The third kappa shape index (κ3) is 8.82. The second-order valence-corrected chi connectivity index (χ2v) is 17.3. The molecule has 1 fully saturated rings. The molecule has 9 heteroatoms. The van der Waals surface area contributed by atoms with E-state index >= 15 is 0 Å². The van der Waals surface area contributed by atoms with E-state index in [2.05, 4.69) is 62.3 Å². The standard InChI is InChI=1S/C39H51N3O3S3/c1-37(2,3)25-10-13-28(31(46)22-25)34(43)40-16-18-41(35(44)29-14-11-26(23-32(29)47)38(4,5)6)20-21-42(19-17-40)36(45)30-15-12-27(24-33(30)48)39(7,8)9/h10-15,22-24,46-48H,16-21H2,1-9H3. The summed E-state index contributed by atoms with van der Waals surface area (Å²) in [6.45, 7) is 20.9. The number of amides is 3. The van der Waals surface area contributed by atoms with E-state index in [0.29, 0.717) is 70.6 Å². The van der Waals surface area contributed by atoms with Crippen molar-refractivity contribution in [3.8, 4) is 0 Å². The zero-order chi connectivity index (χ0) is 35.8. The summed E-state index contributed by atoms with van der Waals surface area (Å²) >= 11 is 14.1. The molecule has 0 bridgehead atoms. The SMILES string of the molecule is CC(C)(C)c1ccc(C(=O)N2CCN(C(=O)c3ccc(C(C)(C)C)cc3S)CCN(C(=O)c3ccc(C(C)(C)C)cc3S)CC2)c(S)c1. The molecule has 3 amide bonds. The van der Waals surface area contributed by atoms with Gasteiger partial charge >= 0.3 is 0 Å². The Morgan fingerprint density at radius 3 is 0.812 bits per heavy atom. The number of carbonyl (C=O) groups excluding carboxylic acids is 3. The van der Waals surface area contributed by atoms with E-state index in [1.807, 2.05) is 54.6 Å². The Morgan fingerprint density at radius 1 is 0.438 bits per heavy atom. The number of hydrogen-bond acceptors (Lipinski definition) is 6. The lowest BCUT2D eigenvalue weighted by Crippen LogP contribution is -2.42. The fourth-order valence-electron chi connectivity index (χ4n) is 5.72. The Balaban J connectivity index is 1.69. The van der Waals surface area contributed by atoms with Crippen LogP contribution in [0.25, 0.3) is 0 Å². The second-order valence-electron chi connectivity index (χ2n) is 15.8. The molecule has 1 aliphatic heterocycles. The first kappa shape index (κ1) is 37.9. The first-order chi connectivity index (χ1) is 22.2. The van der Waals surface area contributed by atoms with Crippen LogP contribution in [-0.4, -0.2) is 71.7 Å². The van der Waals surface area contributed by atoms with E-state index in [9.17, 15) is 14.4 Å². The molecule has 4 rings (SSSR count). The Morgan fingerprint density at radius 2 is 0.646 bits per heavy atom. The van der Waals surface area contributed by atoms with Gasteiger partial charge < -0.3 is 14.7 Å². The van der Waals surface area contributed by atoms with Crippen LogP contribution in [0.3, 0.4) is 0 Å². The molecule has 0 aliphatic carbocycles. The lowest BCUT2D eigenvalue weighted by molar-refractivity contribution is 0.0676. The van der Waals surface area contributed by atoms with Crippen LogP contribution >= 0.6 is 37.9 Å². The van der Waals surface area contributed by atoms with Gasteiger partial charge in [0.2, 0.25) is 0 Å². The number of benzene rings is 3. The number of thiol groups is 3. The van der Waals surface area contributed by atoms with Crippen molar-refractivity contribution in [2.75, 3.05) is 39.3 Å². The maximum Gasteiger partial charge on any atom is 0.255 e. The molecule has 48 heavy (non-hydrogen) atoms. The van der Waals surface area contributed by atoms with E-state index in [1.54, 1.807) is 14.7 Å². The summed E-state index contributed by atoms with van der Waals surface area (Å²) < 4.78 is 0. The summed E-state index contributed by atoms with van der Waals surface area (Å²) in [7, 11) is 0. The van der Waals surface area contributed by atoms with E-state index in [4.69, 9.17) is 37.9 Å². The van der Waals surface area contributed by atoms with Crippen molar-refractivity contribution in [1.29, 1.82) is 0 Å². The van der Waals surface area contributed by atoms with E-state index in [0.717, 1.165) is 16.7 Å². The first-order valence-corrected chi connectivity index (χ1v) is 17.9. The van der Waals surface area contributed by atoms with E-state index < -0.39 is 0 Å². The van der Waals surface area contributed by atoms with Gasteiger partial charge in [-0.1, -0.05) is 80.5 Å². The van der Waals surface area contributed by atoms with Crippen LogP contribution in [0, 0.1) is 0 Å². The molecule has 3 aromatic rings. The fraction of sp³-hybridized carbons (Fsp3) is 0.462. The molecule has 0 unspecified atom stereocenters. The monoisotopic (exact) mass is 705 g/mol. The number of rotatable bonds is 3. The maximum atomic E-state index is 14.1. The second kappa shape index (κ2) is 14.5. The van der Waals surface area contributed by atoms with Crippen LogP contribution < -0.4 is 0 Å². The number of nitrogens with zero attached hydrogens (tertiary/aromatic N) is 3. The summed E-state index contributed by atoms with van der Waals surface area (Å²) in [4.78, 5) is 49.2. The average molecular weight is 706 g/mol. The fourth-order valence-corrected chi connectivity index (χ4v) is 6.64. The molecular weight excluding hydrogens is 655 g/mol. The largest absolute Gasteiger partial charge is 0.335 e. The van der Waals surface area contributed by atoms with Crippen LogP contribution in [0.2, 0.25) is 0 Å². The molecule has 1 saturated heterocycles. The van der Waals surface area contributed by atoms with Gasteiger partial charge in [-0.2, -0.15) is 0 Å². The van der Waals surface area contributed by atoms with Gasteiger partial charge in [0, 0.05) is 54.0 Å². The number of hydrogen-bond donors (Lipinski definition) is 3. The molecule has 1 aliphatic rings. The first-order valence-electron chi connectivity index (χ1n) is 16.6. The molecule has 6 nitrogen and oxygen atoms in total. The van der Waals surface area contributed by atoms with Gasteiger partial charge in [-0.25, -0.2) is 0 Å². The normalized spacial score (nSPS) is 15.1. The summed E-state index contributed by atoms with van der Waals surface area (Å²) in [5.41, 5.74) is 4.46. The van der Waals surface area contributed by atoms with Crippen LogP contribution in [0.4, 0.5) is 0 Å². The van der Waals surface area contributed by atoms with Gasteiger partial charge in [-0.05, 0) is 69.3 Å². The third-order valence-corrected chi connectivity index (χ3v) is 10.2. The van der Waals surface area contributed by atoms with Crippen molar-refractivity contribution < 1.29 is 14.4 Å². The molecule has 0 saturated carbocycles. The van der Waals surface area contributed by atoms with Crippen LogP contribution in [0.5, 0.6) is 0 Å². The highest BCUT2D eigenvalue weighted by Crippen LogP contribution is 2.30. The molecule has 3 aromatic carbocycles. The molecule has 0 aromatic heterocycles. The quantitative estimate of drug-likeness (QED) is 0.241. The minimum atomic E-state index is -0.184. The summed E-state index contributed by atoms with van der Waals surface area (Å²) in [5.74, 6) is -0.553. The zero-order valence-electron chi connectivity index (χ0n) is 29.8. The molecule has 0 radical (unpaired) electrons. The van der Waals surface area contributed by atoms with E-state index in [1.165, 1.54) is 0 Å². The van der Waals surface area contributed by atoms with E-state index in [-0.39, 0.29) is 34.0 Å². The van der Waals surface area contributed by atoms with Crippen LogP contribution in [-0.2, 0) is 16.2 Å². The Labute approximate surface area is 303 Å². The topological polar surface area (TPSA) is 60.9 Å². The highest BCUT2D eigenvalue weighted by Gasteiger charge is 2.29. The summed E-state index contributed by atoms with van der Waals surface area (Å²) in [6.07, 6.45) is 0. The van der Waals surface area contributed by atoms with Gasteiger partial charge in [0.05, 0.1) is 16.7 Å². The minimum Gasteiger partial charge on any atom is -0.335 e. The van der Waals surface area contributed by atoms with Gasteiger partial charge in [-0.3, -0.25) is 14.4 Å². The molecule has 1 heterocycles. The molecule has 0 N–H and O–H groups in total. The average Bonchev–Trinajstić information content (AvgIpc) is 3.09. The van der Waals surface area contributed by atoms with Crippen molar-refractivity contribution in [1.82, 2.24) is 14.7 Å². The van der Waals surface area contributed by atoms with Crippen molar-refractivity contribution in [2.24, 2.45) is 0 Å². The van der Waals surface area contributed by atoms with Crippen molar-refractivity contribution in [3.05, 3.63) is 88.0 Å². The minimum absolute atomic E-state index is 0.0902. The van der Waals surface area contributed by atoms with Crippen LogP contribution in [0.15, 0.2) is 69.3 Å². The number of carbonyl (C=O) groups is 3. The van der Waals surface area contributed by atoms with Crippen molar-refractivity contribution >= 4 is 55.6 Å². The highest BCUT2D eigenvalue weighted by molar-refractivity contribution is 7.80. The molecular formula is C39H51N3O3S3. The van der Waals surface area contributed by atoms with Gasteiger partial charge in [-0.15, -0.1) is 37.9 Å². The lowest BCUT2D eigenvalue weighted by Gasteiger charge is -2.27. The predicted molar refractivity (Wildman–Crippen MR) is 205 cm³/mol. The highest BCUT2D eigenvalue weighted by atomic mass is 32.1. The smallest absolute Gasteiger partial charge is 0.255 e. The van der Waals surface area contributed by atoms with Crippen LogP contribution in [0.1, 0.15) is 110 Å². The van der Waals surface area contributed by atoms with Crippen molar-refractivity contribution in [3.63, 3.8) is 0 Å². The third-order valence-electron chi connectivity index (χ3n) is 9.06. The van der Waals surface area contributed by atoms with Crippen molar-refractivity contribution in [2.45, 2.75) is 93.2 Å². The Hall–Kier alpha value is -2.88. The van der Waals surface area contributed by atoms with Gasteiger partial charge in [0.15, 0.2) is 0 Å². The van der Waals surface area contributed by atoms with Gasteiger partial charge in [0.25, 0.3) is 17.7 Å². The molecule has 0 atom stereocenters. The molecule has 258 valence electrons. The Bertz CT molecular complexity index is 1490. The Kier molecular flexibility index (Phi) is 11.5. The summed E-state index contributed by atoms with van der Waals surface area (Å²) in [5, 5.41) is 0. The maximum absolute atomic E-state index is 14.1. The van der Waals surface area contributed by atoms with Gasteiger partial charge in [0.1, 0.15) is 0 Å². The zero-order valence-corrected chi connectivity index (χ0v) is 32.5. The summed E-state index contributed by atoms with van der Waals surface area (Å²) in [6, 6.07) is 17.3. The molecule has 0 spiro atoms.